The lowest BCUT2D eigenvalue weighted by atomic mass is 10.2. The molecule has 1 aliphatic rings. The van der Waals surface area contributed by atoms with Crippen LogP contribution in [0.1, 0.15) is 5.56 Å². The van der Waals surface area contributed by atoms with Gasteiger partial charge in [-0.15, -0.1) is 0 Å². The van der Waals surface area contributed by atoms with Crippen LogP contribution in [0.2, 0.25) is 0 Å². The SMILES string of the molecule is C=C1N=C(c2cccc(F)c2)NO1. The first-order valence-corrected chi connectivity index (χ1v) is 3.72. The molecule has 0 aromatic heterocycles. The van der Waals surface area contributed by atoms with Crippen molar-refractivity contribution in [2.75, 3.05) is 0 Å². The van der Waals surface area contributed by atoms with Gasteiger partial charge in [0, 0.05) is 5.56 Å². The monoisotopic (exact) mass is 178 g/mol. The number of hydrogen-bond acceptors (Lipinski definition) is 3. The average molecular weight is 178 g/mol. The van der Waals surface area contributed by atoms with Gasteiger partial charge in [-0.1, -0.05) is 12.1 Å². The highest BCUT2D eigenvalue weighted by molar-refractivity contribution is 5.99. The van der Waals surface area contributed by atoms with E-state index in [1.165, 1.54) is 12.1 Å². The Morgan fingerprint density at radius 2 is 2.31 bits per heavy atom. The maximum absolute atomic E-state index is 12.8. The van der Waals surface area contributed by atoms with E-state index in [1.807, 2.05) is 0 Å². The molecule has 0 spiro atoms. The van der Waals surface area contributed by atoms with Gasteiger partial charge in [-0.25, -0.2) is 9.87 Å². The van der Waals surface area contributed by atoms with Crippen LogP contribution in [-0.4, -0.2) is 5.84 Å². The normalized spacial score (nSPS) is 14.8. The maximum Gasteiger partial charge on any atom is 0.240 e. The van der Waals surface area contributed by atoms with Crippen LogP contribution >= 0.6 is 0 Å². The largest absolute Gasteiger partial charge is 0.361 e. The molecule has 3 nitrogen and oxygen atoms in total. The lowest BCUT2D eigenvalue weighted by molar-refractivity contribution is 0.179. The number of nitrogens with zero attached hydrogens (tertiary/aromatic N) is 1. The molecule has 0 saturated heterocycles. The van der Waals surface area contributed by atoms with Crippen LogP contribution in [-0.2, 0) is 4.84 Å². The van der Waals surface area contributed by atoms with E-state index >= 15 is 0 Å². The Kier molecular flexibility index (Phi) is 1.73. The molecule has 1 heterocycles. The van der Waals surface area contributed by atoms with E-state index in [1.54, 1.807) is 12.1 Å². The van der Waals surface area contributed by atoms with Gasteiger partial charge < -0.3 is 4.84 Å². The van der Waals surface area contributed by atoms with Gasteiger partial charge in [0.05, 0.1) is 0 Å². The Bertz CT molecular complexity index is 387. The number of benzene rings is 1. The molecule has 1 aromatic rings. The summed E-state index contributed by atoms with van der Waals surface area (Å²) in [4.78, 5) is 8.71. The topological polar surface area (TPSA) is 33.6 Å². The first kappa shape index (κ1) is 7.79. The van der Waals surface area contributed by atoms with Gasteiger partial charge in [-0.05, 0) is 18.7 Å². The van der Waals surface area contributed by atoms with E-state index in [2.05, 4.69) is 17.1 Å². The van der Waals surface area contributed by atoms with E-state index in [0.717, 1.165) is 0 Å². The van der Waals surface area contributed by atoms with E-state index in [4.69, 9.17) is 4.84 Å². The Morgan fingerprint density at radius 1 is 1.46 bits per heavy atom. The lowest BCUT2D eigenvalue weighted by Gasteiger charge is -1.99. The summed E-state index contributed by atoms with van der Waals surface area (Å²) in [6, 6.07) is 6.08. The van der Waals surface area contributed by atoms with Crippen LogP contribution in [0.3, 0.4) is 0 Å². The summed E-state index contributed by atoms with van der Waals surface area (Å²) in [6.07, 6.45) is 0. The van der Waals surface area contributed by atoms with Crippen LogP contribution in [0.15, 0.2) is 41.7 Å². The fourth-order valence-corrected chi connectivity index (χ4v) is 1.04. The average Bonchev–Trinajstić information content (AvgIpc) is 2.52. The van der Waals surface area contributed by atoms with Gasteiger partial charge in [-0.3, -0.25) is 0 Å². The number of halogens is 1. The minimum atomic E-state index is -0.306. The fourth-order valence-electron chi connectivity index (χ4n) is 1.04. The smallest absolute Gasteiger partial charge is 0.240 e. The van der Waals surface area contributed by atoms with Crippen molar-refractivity contribution in [3.63, 3.8) is 0 Å². The molecule has 0 bridgehead atoms. The molecule has 0 radical (unpaired) electrons. The molecule has 1 N–H and O–H groups in total. The van der Waals surface area contributed by atoms with E-state index in [0.29, 0.717) is 11.4 Å². The molecular weight excluding hydrogens is 171 g/mol. The minimum absolute atomic E-state index is 0.277. The zero-order valence-electron chi connectivity index (χ0n) is 6.75. The number of aliphatic imine (C=N–C) groups is 1. The molecule has 4 heteroatoms. The third kappa shape index (κ3) is 1.51. The van der Waals surface area contributed by atoms with Gasteiger partial charge >= 0.3 is 0 Å². The van der Waals surface area contributed by atoms with Crippen molar-refractivity contribution in [1.29, 1.82) is 0 Å². The molecule has 1 aliphatic heterocycles. The van der Waals surface area contributed by atoms with Gasteiger partial charge in [0.2, 0.25) is 5.88 Å². The van der Waals surface area contributed by atoms with Crippen molar-refractivity contribution in [2.45, 2.75) is 0 Å². The highest BCUT2D eigenvalue weighted by Crippen LogP contribution is 2.10. The van der Waals surface area contributed by atoms with Gasteiger partial charge in [0.25, 0.3) is 0 Å². The number of amidine groups is 1. The van der Waals surface area contributed by atoms with Crippen molar-refractivity contribution in [3.05, 3.63) is 48.1 Å². The molecular formula is C9H7FN2O. The fraction of sp³-hybridized carbons (Fsp3) is 0. The second-order valence-corrected chi connectivity index (χ2v) is 2.57. The summed E-state index contributed by atoms with van der Waals surface area (Å²) in [6.45, 7) is 3.49. The van der Waals surface area contributed by atoms with Gasteiger partial charge in [0.15, 0.2) is 5.84 Å². The Labute approximate surface area is 74.5 Å². The quantitative estimate of drug-likeness (QED) is 0.708. The van der Waals surface area contributed by atoms with Crippen molar-refractivity contribution >= 4 is 5.84 Å². The molecule has 0 atom stereocenters. The van der Waals surface area contributed by atoms with Crippen molar-refractivity contribution in [1.82, 2.24) is 5.48 Å². The molecule has 0 aliphatic carbocycles. The Morgan fingerprint density at radius 3 is 2.92 bits per heavy atom. The Balaban J connectivity index is 2.36. The van der Waals surface area contributed by atoms with Crippen molar-refractivity contribution < 1.29 is 9.23 Å². The number of hydroxylamine groups is 1. The van der Waals surface area contributed by atoms with Crippen LogP contribution < -0.4 is 5.48 Å². The third-order valence-electron chi connectivity index (χ3n) is 1.60. The second-order valence-electron chi connectivity index (χ2n) is 2.57. The Hall–Kier alpha value is -1.84. The standard InChI is InChI=1S/C9H7FN2O/c1-6-11-9(12-13-6)7-3-2-4-8(10)5-7/h2-5H,1H2,(H,11,12). The van der Waals surface area contributed by atoms with Crippen LogP contribution in [0.25, 0.3) is 0 Å². The van der Waals surface area contributed by atoms with E-state index in [-0.39, 0.29) is 11.7 Å². The molecule has 66 valence electrons. The van der Waals surface area contributed by atoms with Gasteiger partial charge in [0.1, 0.15) is 5.82 Å². The summed E-state index contributed by atoms with van der Waals surface area (Å²) in [7, 11) is 0. The molecule has 0 fully saturated rings. The molecule has 2 rings (SSSR count). The first-order chi connectivity index (χ1) is 6.25. The first-order valence-electron chi connectivity index (χ1n) is 3.72. The van der Waals surface area contributed by atoms with Crippen LogP contribution in [0.4, 0.5) is 4.39 Å². The summed E-state index contributed by atoms with van der Waals surface area (Å²) < 4.78 is 12.8. The molecule has 13 heavy (non-hydrogen) atoms. The maximum atomic E-state index is 12.8. The summed E-state index contributed by atoms with van der Waals surface area (Å²) in [5.41, 5.74) is 3.17. The molecule has 0 amide bonds. The van der Waals surface area contributed by atoms with Crippen LogP contribution in [0.5, 0.6) is 0 Å². The minimum Gasteiger partial charge on any atom is -0.361 e. The highest BCUT2D eigenvalue weighted by Gasteiger charge is 2.11. The number of rotatable bonds is 1. The second kappa shape index (κ2) is 2.90. The van der Waals surface area contributed by atoms with E-state index < -0.39 is 0 Å². The lowest BCUT2D eigenvalue weighted by Crippen LogP contribution is -2.17. The number of hydrogen-bond donors (Lipinski definition) is 1. The van der Waals surface area contributed by atoms with Crippen molar-refractivity contribution in [3.8, 4) is 0 Å². The zero-order valence-corrected chi connectivity index (χ0v) is 6.75. The highest BCUT2D eigenvalue weighted by atomic mass is 19.1. The summed E-state index contributed by atoms with van der Waals surface area (Å²) in [5, 5.41) is 0. The predicted octanol–water partition coefficient (Wildman–Crippen LogP) is 1.58. The van der Waals surface area contributed by atoms with Crippen LogP contribution in [0, 0.1) is 5.82 Å². The predicted molar refractivity (Wildman–Crippen MR) is 46.3 cm³/mol. The van der Waals surface area contributed by atoms with Gasteiger partial charge in [-0.2, -0.15) is 4.99 Å². The van der Waals surface area contributed by atoms with Crippen molar-refractivity contribution in [2.24, 2.45) is 4.99 Å². The third-order valence-corrected chi connectivity index (χ3v) is 1.60. The summed E-state index contributed by atoms with van der Waals surface area (Å²) in [5.74, 6) is 0.447. The molecule has 0 unspecified atom stereocenters. The molecule has 1 aromatic carbocycles. The summed E-state index contributed by atoms with van der Waals surface area (Å²) >= 11 is 0. The zero-order chi connectivity index (χ0) is 9.26. The van der Waals surface area contributed by atoms with E-state index in [9.17, 15) is 4.39 Å². The number of nitrogens with one attached hydrogen (secondary N) is 1. The molecule has 0 saturated carbocycles.